The number of nitriles is 3. The van der Waals surface area contributed by atoms with E-state index in [2.05, 4.69) is 34.1 Å². The van der Waals surface area contributed by atoms with E-state index >= 15 is 0 Å². The lowest BCUT2D eigenvalue weighted by molar-refractivity contribution is -0.139. The quantitative estimate of drug-likeness (QED) is 0.374. The second-order valence-electron chi connectivity index (χ2n) is 9.36. The zero-order chi connectivity index (χ0) is 27.8. The van der Waals surface area contributed by atoms with E-state index in [1.165, 1.54) is 6.08 Å². The molecule has 2 aliphatic rings. The second-order valence-corrected chi connectivity index (χ2v) is 10.3. The summed E-state index contributed by atoms with van der Waals surface area (Å²) in [6.07, 6.45) is 1.31. The topological polar surface area (TPSA) is 118 Å². The lowest BCUT2D eigenvalue weighted by atomic mass is 9.57. The molecule has 8 heteroatoms. The SMILES string of the molecule is CCOC(=O)C1=CC(C#N)(C#N)[C@@]2(C(=O)N(Cc3ccccc3)c3ccc(Br)cc32)[C@H]1c1ccc(C#N)cc1. The van der Waals surface area contributed by atoms with Gasteiger partial charge in [-0.2, -0.15) is 15.8 Å². The molecule has 0 N–H and O–H groups in total. The van der Waals surface area contributed by atoms with Gasteiger partial charge in [-0.25, -0.2) is 4.79 Å². The smallest absolute Gasteiger partial charge is 0.334 e. The molecule has 39 heavy (non-hydrogen) atoms. The molecule has 0 aromatic heterocycles. The molecule has 190 valence electrons. The van der Waals surface area contributed by atoms with E-state index in [9.17, 15) is 25.4 Å². The molecule has 3 aromatic carbocycles. The van der Waals surface area contributed by atoms with Crippen LogP contribution in [0.2, 0.25) is 0 Å². The molecule has 0 radical (unpaired) electrons. The Morgan fingerprint density at radius 1 is 1.03 bits per heavy atom. The average molecular weight is 577 g/mol. The summed E-state index contributed by atoms with van der Waals surface area (Å²) in [5, 5.41) is 30.6. The molecule has 0 fully saturated rings. The third kappa shape index (κ3) is 3.75. The molecule has 0 bridgehead atoms. The molecule has 1 aliphatic heterocycles. The fraction of sp³-hybridized carbons (Fsp3) is 0.194. The van der Waals surface area contributed by atoms with Gasteiger partial charge in [-0.3, -0.25) is 4.79 Å². The maximum Gasteiger partial charge on any atom is 0.334 e. The molecule has 0 unspecified atom stereocenters. The van der Waals surface area contributed by atoms with Crippen molar-refractivity contribution >= 4 is 33.5 Å². The number of benzene rings is 3. The van der Waals surface area contributed by atoms with Crippen LogP contribution in [0.3, 0.4) is 0 Å². The number of ether oxygens (including phenoxy) is 1. The highest BCUT2D eigenvalue weighted by atomic mass is 79.9. The van der Waals surface area contributed by atoms with E-state index in [1.807, 2.05) is 30.3 Å². The predicted molar refractivity (Wildman–Crippen MR) is 146 cm³/mol. The van der Waals surface area contributed by atoms with Gasteiger partial charge in [-0.05, 0) is 60.0 Å². The third-order valence-electron chi connectivity index (χ3n) is 7.42. The van der Waals surface area contributed by atoms with Crippen molar-refractivity contribution in [2.45, 2.75) is 24.8 Å². The van der Waals surface area contributed by atoms with Gasteiger partial charge in [0, 0.05) is 21.7 Å². The van der Waals surface area contributed by atoms with Crippen LogP contribution in [0.25, 0.3) is 0 Å². The Morgan fingerprint density at radius 2 is 1.72 bits per heavy atom. The lowest BCUT2D eigenvalue weighted by Crippen LogP contribution is -2.52. The third-order valence-corrected chi connectivity index (χ3v) is 7.91. The molecule has 1 amide bonds. The molecule has 1 aliphatic carbocycles. The first-order valence-electron chi connectivity index (χ1n) is 12.2. The first-order chi connectivity index (χ1) is 18.9. The van der Waals surface area contributed by atoms with Gasteiger partial charge in [0.25, 0.3) is 0 Å². The molecule has 1 heterocycles. The van der Waals surface area contributed by atoms with E-state index in [-0.39, 0.29) is 18.7 Å². The number of hydrogen-bond donors (Lipinski definition) is 0. The minimum Gasteiger partial charge on any atom is -0.463 e. The Kier molecular flexibility index (Phi) is 6.56. The number of carbonyl (C=O) groups excluding carboxylic acids is 2. The van der Waals surface area contributed by atoms with E-state index in [1.54, 1.807) is 54.3 Å². The van der Waals surface area contributed by atoms with Crippen LogP contribution in [-0.4, -0.2) is 18.5 Å². The minimum absolute atomic E-state index is 0.0606. The van der Waals surface area contributed by atoms with Crippen molar-refractivity contribution in [2.24, 2.45) is 5.41 Å². The fourth-order valence-corrected chi connectivity index (χ4v) is 6.17. The summed E-state index contributed by atoms with van der Waals surface area (Å²) in [6, 6.07) is 27.6. The number of esters is 1. The standard InChI is InChI=1S/C31H21BrN4O3/c1-2-39-28(37)24-15-30(18-34,19-35)31(27(24)22-10-8-20(16-33)9-11-22)25-14-23(32)12-13-26(25)36(29(31)38)17-21-6-4-3-5-7-21/h3-15,27H,2,17H2,1H3/t27-,31+/m0/s1. The average Bonchev–Trinajstić information content (AvgIpc) is 3.40. The Morgan fingerprint density at radius 3 is 2.33 bits per heavy atom. The van der Waals surface area contributed by atoms with Gasteiger partial charge in [0.05, 0.1) is 36.9 Å². The maximum atomic E-state index is 14.8. The summed E-state index contributed by atoms with van der Waals surface area (Å²) in [7, 11) is 0. The van der Waals surface area contributed by atoms with Crippen molar-refractivity contribution in [3.8, 4) is 18.2 Å². The molecule has 2 atom stereocenters. The summed E-state index contributed by atoms with van der Waals surface area (Å²) in [6.45, 7) is 1.94. The van der Waals surface area contributed by atoms with E-state index in [0.29, 0.717) is 26.9 Å². The molecular weight excluding hydrogens is 556 g/mol. The van der Waals surface area contributed by atoms with Crippen molar-refractivity contribution < 1.29 is 14.3 Å². The van der Waals surface area contributed by atoms with Gasteiger partial charge in [0.2, 0.25) is 5.91 Å². The molecule has 0 saturated carbocycles. The van der Waals surface area contributed by atoms with E-state index in [0.717, 1.165) is 5.56 Å². The highest BCUT2D eigenvalue weighted by Gasteiger charge is 2.72. The van der Waals surface area contributed by atoms with Crippen LogP contribution in [0.1, 0.15) is 35.1 Å². The Hall–Kier alpha value is -4.71. The Balaban J connectivity index is 1.84. The van der Waals surface area contributed by atoms with E-state index < -0.39 is 28.6 Å². The number of hydrogen-bond acceptors (Lipinski definition) is 6. The zero-order valence-corrected chi connectivity index (χ0v) is 22.5. The summed E-state index contributed by atoms with van der Waals surface area (Å²) >= 11 is 3.51. The zero-order valence-electron chi connectivity index (χ0n) is 20.9. The van der Waals surface area contributed by atoms with Crippen molar-refractivity contribution in [3.63, 3.8) is 0 Å². The highest BCUT2D eigenvalue weighted by Crippen LogP contribution is 2.65. The highest BCUT2D eigenvalue weighted by molar-refractivity contribution is 9.10. The monoisotopic (exact) mass is 576 g/mol. The normalized spacial score (nSPS) is 20.5. The van der Waals surface area contributed by atoms with Crippen LogP contribution in [0.15, 0.2) is 88.9 Å². The minimum atomic E-state index is -2.02. The van der Waals surface area contributed by atoms with Crippen molar-refractivity contribution in [2.75, 3.05) is 11.5 Å². The lowest BCUT2D eigenvalue weighted by Gasteiger charge is -2.38. The number of halogens is 1. The number of nitrogens with zero attached hydrogens (tertiary/aromatic N) is 4. The number of allylic oxidation sites excluding steroid dienone is 1. The van der Waals surface area contributed by atoms with Crippen LogP contribution in [0.5, 0.6) is 0 Å². The van der Waals surface area contributed by atoms with Crippen LogP contribution < -0.4 is 4.90 Å². The number of carbonyl (C=O) groups is 2. The summed E-state index contributed by atoms with van der Waals surface area (Å²) in [5.41, 5.74) is -0.961. The molecule has 1 spiro atoms. The fourth-order valence-electron chi connectivity index (χ4n) is 5.81. The summed E-state index contributed by atoms with van der Waals surface area (Å²) in [5.74, 6) is -2.19. The van der Waals surface area contributed by atoms with Gasteiger partial charge in [-0.15, -0.1) is 0 Å². The predicted octanol–water partition coefficient (Wildman–Crippen LogP) is 5.43. The number of amides is 1. The van der Waals surface area contributed by atoms with Gasteiger partial charge in [-0.1, -0.05) is 58.4 Å². The first-order valence-corrected chi connectivity index (χ1v) is 13.0. The number of rotatable bonds is 5. The van der Waals surface area contributed by atoms with Crippen LogP contribution in [-0.2, 0) is 26.3 Å². The van der Waals surface area contributed by atoms with Crippen molar-refractivity contribution in [1.82, 2.24) is 0 Å². The van der Waals surface area contributed by atoms with Crippen LogP contribution in [0.4, 0.5) is 5.69 Å². The second kappa shape index (κ2) is 9.87. The summed E-state index contributed by atoms with van der Waals surface area (Å²) in [4.78, 5) is 29.8. The Labute approximate surface area is 234 Å². The van der Waals surface area contributed by atoms with Gasteiger partial charge < -0.3 is 9.64 Å². The van der Waals surface area contributed by atoms with Crippen LogP contribution in [0, 0.1) is 39.4 Å². The largest absolute Gasteiger partial charge is 0.463 e. The van der Waals surface area contributed by atoms with Crippen molar-refractivity contribution in [3.05, 3.63) is 111 Å². The molecular formula is C31H21BrN4O3. The van der Waals surface area contributed by atoms with E-state index in [4.69, 9.17) is 4.74 Å². The number of fused-ring (bicyclic) bond motifs is 2. The first kappa shape index (κ1) is 25.9. The van der Waals surface area contributed by atoms with Gasteiger partial charge in [0.15, 0.2) is 5.41 Å². The van der Waals surface area contributed by atoms with Gasteiger partial charge in [0.1, 0.15) is 5.41 Å². The molecule has 7 nitrogen and oxygen atoms in total. The number of anilines is 1. The molecule has 0 saturated heterocycles. The molecule has 5 rings (SSSR count). The van der Waals surface area contributed by atoms with Crippen molar-refractivity contribution in [1.29, 1.82) is 15.8 Å². The Bertz CT molecular complexity index is 1630. The van der Waals surface area contributed by atoms with Crippen LogP contribution >= 0.6 is 15.9 Å². The summed E-state index contributed by atoms with van der Waals surface area (Å²) < 4.78 is 6.02. The molecule has 3 aromatic rings. The maximum absolute atomic E-state index is 14.8. The van der Waals surface area contributed by atoms with Gasteiger partial charge >= 0.3 is 5.97 Å².